The standard InChI is InChI=1S/C16H20O5S/c1-22(19,20)14-5-3-13(4-6-14)15(16(17)18)7-2-12-8-10-21-11-9-12/h3-7,12H,2,8-11H2,1H3,(H,17,18). The summed E-state index contributed by atoms with van der Waals surface area (Å²) in [6.45, 7) is 1.45. The van der Waals surface area contributed by atoms with Gasteiger partial charge >= 0.3 is 5.97 Å². The van der Waals surface area contributed by atoms with Crippen LogP contribution in [0, 0.1) is 5.92 Å². The molecule has 0 amide bonds. The van der Waals surface area contributed by atoms with Crippen LogP contribution >= 0.6 is 0 Å². The predicted molar refractivity (Wildman–Crippen MR) is 83.3 cm³/mol. The normalized spacial score (nSPS) is 17.4. The second-order valence-corrected chi connectivity index (χ2v) is 7.53. The van der Waals surface area contributed by atoms with Gasteiger partial charge < -0.3 is 9.84 Å². The largest absolute Gasteiger partial charge is 0.478 e. The molecule has 1 aliphatic heterocycles. The van der Waals surface area contributed by atoms with Crippen molar-refractivity contribution in [1.29, 1.82) is 0 Å². The molecule has 1 fully saturated rings. The van der Waals surface area contributed by atoms with Gasteiger partial charge in [-0.15, -0.1) is 0 Å². The average Bonchev–Trinajstić information content (AvgIpc) is 2.48. The lowest BCUT2D eigenvalue weighted by molar-refractivity contribution is -0.130. The van der Waals surface area contributed by atoms with Crippen LogP contribution in [0.5, 0.6) is 0 Å². The summed E-state index contributed by atoms with van der Waals surface area (Å²) in [5.41, 5.74) is 0.735. The minimum absolute atomic E-state index is 0.186. The molecule has 0 aliphatic carbocycles. The maximum atomic E-state index is 11.4. The lowest BCUT2D eigenvalue weighted by atomic mass is 9.94. The number of aliphatic carboxylic acids is 1. The Labute approximate surface area is 130 Å². The zero-order chi connectivity index (χ0) is 16.2. The number of sulfone groups is 1. The van der Waals surface area contributed by atoms with Crippen molar-refractivity contribution in [3.05, 3.63) is 35.9 Å². The predicted octanol–water partition coefficient (Wildman–Crippen LogP) is 2.37. The smallest absolute Gasteiger partial charge is 0.335 e. The van der Waals surface area contributed by atoms with Crippen molar-refractivity contribution in [2.75, 3.05) is 19.5 Å². The molecule has 0 saturated carbocycles. The van der Waals surface area contributed by atoms with Crippen LogP contribution in [0.2, 0.25) is 0 Å². The average molecular weight is 324 g/mol. The summed E-state index contributed by atoms with van der Waals surface area (Å²) in [5, 5.41) is 9.37. The van der Waals surface area contributed by atoms with Gasteiger partial charge in [0.2, 0.25) is 0 Å². The van der Waals surface area contributed by atoms with Gasteiger partial charge in [0.1, 0.15) is 0 Å². The molecule has 0 spiro atoms. The first-order valence-electron chi connectivity index (χ1n) is 7.19. The molecule has 1 aromatic rings. The molecular formula is C16H20O5S. The Balaban J connectivity index is 2.18. The number of hydrogen-bond donors (Lipinski definition) is 1. The van der Waals surface area contributed by atoms with Crippen LogP contribution in [0.15, 0.2) is 35.2 Å². The van der Waals surface area contributed by atoms with Gasteiger partial charge in [-0.25, -0.2) is 13.2 Å². The molecule has 1 saturated heterocycles. The Hall–Kier alpha value is -1.66. The third-order valence-corrected chi connectivity index (χ3v) is 4.95. The molecule has 1 aliphatic rings. The zero-order valence-electron chi connectivity index (χ0n) is 12.5. The Kier molecular flexibility index (Phi) is 5.37. The molecule has 120 valence electrons. The molecule has 6 heteroatoms. The monoisotopic (exact) mass is 324 g/mol. The molecule has 0 radical (unpaired) electrons. The summed E-state index contributed by atoms with van der Waals surface area (Å²) in [6, 6.07) is 5.96. The summed E-state index contributed by atoms with van der Waals surface area (Å²) in [6.07, 6.45) is 5.43. The molecule has 0 atom stereocenters. The Bertz CT molecular complexity index is 652. The van der Waals surface area contributed by atoms with E-state index in [9.17, 15) is 18.3 Å². The van der Waals surface area contributed by atoms with Crippen LogP contribution in [-0.2, 0) is 19.4 Å². The second kappa shape index (κ2) is 7.07. The molecule has 1 heterocycles. The summed E-state index contributed by atoms with van der Waals surface area (Å²) in [5.74, 6) is -0.558. The van der Waals surface area contributed by atoms with E-state index in [1.165, 1.54) is 12.1 Å². The fraction of sp³-hybridized carbons (Fsp3) is 0.438. The van der Waals surface area contributed by atoms with Crippen molar-refractivity contribution in [2.24, 2.45) is 5.92 Å². The van der Waals surface area contributed by atoms with Gasteiger partial charge in [-0.1, -0.05) is 18.2 Å². The summed E-state index contributed by atoms with van der Waals surface area (Å²) in [4.78, 5) is 11.6. The van der Waals surface area contributed by atoms with E-state index in [-0.39, 0.29) is 10.5 Å². The highest BCUT2D eigenvalue weighted by Gasteiger charge is 2.16. The van der Waals surface area contributed by atoms with Gasteiger partial charge in [-0.2, -0.15) is 0 Å². The minimum Gasteiger partial charge on any atom is -0.478 e. The number of rotatable bonds is 5. The third kappa shape index (κ3) is 4.42. The highest BCUT2D eigenvalue weighted by atomic mass is 32.2. The van der Waals surface area contributed by atoms with E-state index in [0.29, 0.717) is 17.9 Å². The van der Waals surface area contributed by atoms with Crippen molar-refractivity contribution >= 4 is 21.4 Å². The molecular weight excluding hydrogens is 304 g/mol. The fourth-order valence-electron chi connectivity index (χ4n) is 2.48. The molecule has 2 rings (SSSR count). The molecule has 0 bridgehead atoms. The fourth-order valence-corrected chi connectivity index (χ4v) is 3.11. The number of benzene rings is 1. The van der Waals surface area contributed by atoms with Gasteiger partial charge in [-0.05, 0) is 42.9 Å². The quantitative estimate of drug-likeness (QED) is 0.841. The molecule has 0 aromatic heterocycles. The zero-order valence-corrected chi connectivity index (χ0v) is 13.3. The van der Waals surface area contributed by atoms with E-state index in [0.717, 1.165) is 32.3 Å². The van der Waals surface area contributed by atoms with Crippen molar-refractivity contribution < 1.29 is 23.1 Å². The van der Waals surface area contributed by atoms with Crippen molar-refractivity contribution in [2.45, 2.75) is 24.2 Å². The van der Waals surface area contributed by atoms with Gasteiger partial charge in [-0.3, -0.25) is 0 Å². The van der Waals surface area contributed by atoms with Crippen LogP contribution in [0.4, 0.5) is 0 Å². The highest BCUT2D eigenvalue weighted by Crippen LogP contribution is 2.23. The first-order valence-corrected chi connectivity index (χ1v) is 9.09. The van der Waals surface area contributed by atoms with E-state index in [1.54, 1.807) is 18.2 Å². The van der Waals surface area contributed by atoms with E-state index in [4.69, 9.17) is 4.74 Å². The Morgan fingerprint density at radius 2 is 1.86 bits per heavy atom. The Morgan fingerprint density at radius 3 is 2.36 bits per heavy atom. The Morgan fingerprint density at radius 1 is 1.27 bits per heavy atom. The van der Waals surface area contributed by atoms with E-state index in [1.807, 2.05) is 0 Å². The molecule has 1 aromatic carbocycles. The number of carboxylic acids is 1. The summed E-state index contributed by atoms with van der Waals surface area (Å²) >= 11 is 0. The van der Waals surface area contributed by atoms with Crippen LogP contribution in [-0.4, -0.2) is 39.0 Å². The number of ether oxygens (including phenoxy) is 1. The van der Waals surface area contributed by atoms with Gasteiger partial charge in [0.15, 0.2) is 9.84 Å². The SMILES string of the molecule is CS(=O)(=O)c1ccc(C(=CCC2CCOCC2)C(=O)O)cc1. The number of carboxylic acid groups (broad SMARTS) is 1. The summed E-state index contributed by atoms with van der Waals surface area (Å²) in [7, 11) is -3.28. The molecule has 1 N–H and O–H groups in total. The van der Waals surface area contributed by atoms with Gasteiger partial charge in [0, 0.05) is 19.5 Å². The van der Waals surface area contributed by atoms with Gasteiger partial charge in [0.05, 0.1) is 10.5 Å². The highest BCUT2D eigenvalue weighted by molar-refractivity contribution is 7.90. The lowest BCUT2D eigenvalue weighted by Crippen LogP contribution is -2.15. The molecule has 5 nitrogen and oxygen atoms in total. The molecule has 22 heavy (non-hydrogen) atoms. The maximum absolute atomic E-state index is 11.4. The maximum Gasteiger partial charge on any atom is 0.335 e. The van der Waals surface area contributed by atoms with Crippen LogP contribution in [0.1, 0.15) is 24.8 Å². The topological polar surface area (TPSA) is 80.7 Å². The first-order chi connectivity index (χ1) is 10.4. The van der Waals surface area contributed by atoms with E-state index in [2.05, 4.69) is 0 Å². The van der Waals surface area contributed by atoms with Crippen LogP contribution in [0.25, 0.3) is 5.57 Å². The third-order valence-electron chi connectivity index (χ3n) is 3.82. The van der Waals surface area contributed by atoms with Gasteiger partial charge in [0.25, 0.3) is 0 Å². The molecule has 0 unspecified atom stereocenters. The van der Waals surface area contributed by atoms with Crippen molar-refractivity contribution in [3.8, 4) is 0 Å². The van der Waals surface area contributed by atoms with E-state index < -0.39 is 15.8 Å². The van der Waals surface area contributed by atoms with Crippen molar-refractivity contribution in [1.82, 2.24) is 0 Å². The second-order valence-electron chi connectivity index (χ2n) is 5.51. The first kappa shape index (κ1) is 16.7. The lowest BCUT2D eigenvalue weighted by Gasteiger charge is -2.20. The van der Waals surface area contributed by atoms with E-state index >= 15 is 0 Å². The van der Waals surface area contributed by atoms with Crippen LogP contribution in [0.3, 0.4) is 0 Å². The summed E-state index contributed by atoms with van der Waals surface area (Å²) < 4.78 is 28.2. The number of allylic oxidation sites excluding steroid dienone is 1. The number of carbonyl (C=O) groups is 1. The number of hydrogen-bond acceptors (Lipinski definition) is 4. The van der Waals surface area contributed by atoms with Crippen molar-refractivity contribution in [3.63, 3.8) is 0 Å². The minimum atomic E-state index is -3.28. The van der Waals surface area contributed by atoms with Crippen LogP contribution < -0.4 is 0 Å².